The molecule has 1 aromatic carbocycles. The van der Waals surface area contributed by atoms with Gasteiger partial charge in [0.25, 0.3) is 5.92 Å². The van der Waals surface area contributed by atoms with E-state index in [1.165, 1.54) is 0 Å². The van der Waals surface area contributed by atoms with Gasteiger partial charge in [-0.25, -0.2) is 8.78 Å². The van der Waals surface area contributed by atoms with Gasteiger partial charge in [0.05, 0.1) is 13.2 Å². The lowest BCUT2D eigenvalue weighted by molar-refractivity contribution is 0.0112. The van der Waals surface area contributed by atoms with E-state index in [1.807, 2.05) is 30.3 Å². The number of likely N-dealkylation sites (tertiary alicyclic amines) is 1. The van der Waals surface area contributed by atoms with E-state index in [9.17, 15) is 8.78 Å². The number of benzene rings is 1. The van der Waals surface area contributed by atoms with Crippen molar-refractivity contribution in [2.75, 3.05) is 13.2 Å². The highest BCUT2D eigenvalue weighted by atomic mass is 19.3. The molecule has 1 N–H and O–H groups in total. The quantitative estimate of drug-likeness (QED) is 0.852. The van der Waals surface area contributed by atoms with E-state index in [4.69, 9.17) is 5.11 Å². The molecule has 0 saturated carbocycles. The Kier molecular flexibility index (Phi) is 3.21. The van der Waals surface area contributed by atoms with Gasteiger partial charge in [-0.15, -0.1) is 0 Å². The molecule has 0 aliphatic carbocycles. The molecule has 2 nitrogen and oxygen atoms in total. The van der Waals surface area contributed by atoms with E-state index < -0.39 is 12.0 Å². The maximum atomic E-state index is 13.2. The zero-order valence-corrected chi connectivity index (χ0v) is 8.94. The van der Waals surface area contributed by atoms with E-state index in [1.54, 1.807) is 4.90 Å². The van der Waals surface area contributed by atoms with E-state index in [0.717, 1.165) is 5.56 Å². The van der Waals surface area contributed by atoms with E-state index in [2.05, 4.69) is 0 Å². The molecule has 0 bridgehead atoms. The molecule has 1 aromatic rings. The van der Waals surface area contributed by atoms with Crippen molar-refractivity contribution in [3.8, 4) is 0 Å². The molecule has 1 unspecified atom stereocenters. The van der Waals surface area contributed by atoms with Crippen LogP contribution in [0.2, 0.25) is 0 Å². The summed E-state index contributed by atoms with van der Waals surface area (Å²) in [6.45, 7) is 0.0111. The normalized spacial score (nSPS) is 24.8. The minimum atomic E-state index is -2.66. The van der Waals surface area contributed by atoms with Gasteiger partial charge >= 0.3 is 0 Å². The number of halogens is 2. The Labute approximate surface area is 93.5 Å². The van der Waals surface area contributed by atoms with Crippen molar-refractivity contribution in [2.24, 2.45) is 0 Å². The topological polar surface area (TPSA) is 23.5 Å². The highest BCUT2D eigenvalue weighted by molar-refractivity contribution is 5.15. The SMILES string of the molecule is OCC1CC(F)(F)CN1Cc1ccccc1. The van der Waals surface area contributed by atoms with Gasteiger partial charge in [0.1, 0.15) is 0 Å². The number of rotatable bonds is 3. The second-order valence-electron chi connectivity index (χ2n) is 4.29. The molecule has 0 radical (unpaired) electrons. The second-order valence-corrected chi connectivity index (χ2v) is 4.29. The first kappa shape index (κ1) is 11.5. The molecule has 1 aliphatic heterocycles. The Morgan fingerprint density at radius 1 is 1.31 bits per heavy atom. The van der Waals surface area contributed by atoms with E-state index in [-0.39, 0.29) is 19.6 Å². The Bertz CT molecular complexity index is 342. The molecule has 16 heavy (non-hydrogen) atoms. The highest BCUT2D eigenvalue weighted by Gasteiger charge is 2.44. The second kappa shape index (κ2) is 4.47. The van der Waals surface area contributed by atoms with Crippen molar-refractivity contribution in [1.82, 2.24) is 4.90 Å². The van der Waals surface area contributed by atoms with Crippen molar-refractivity contribution in [3.05, 3.63) is 35.9 Å². The van der Waals surface area contributed by atoms with Crippen LogP contribution in [0.5, 0.6) is 0 Å². The number of aliphatic hydroxyl groups excluding tert-OH is 1. The number of aliphatic hydroxyl groups is 1. The van der Waals surface area contributed by atoms with Gasteiger partial charge < -0.3 is 5.11 Å². The van der Waals surface area contributed by atoms with Crippen LogP contribution in [0.1, 0.15) is 12.0 Å². The van der Waals surface area contributed by atoms with Crippen LogP contribution in [0.4, 0.5) is 8.78 Å². The minimum Gasteiger partial charge on any atom is -0.395 e. The van der Waals surface area contributed by atoms with Crippen LogP contribution in [0, 0.1) is 0 Å². The molecule has 1 heterocycles. The summed E-state index contributed by atoms with van der Waals surface area (Å²) in [6.07, 6.45) is -0.240. The summed E-state index contributed by atoms with van der Waals surface area (Å²) in [5.74, 6) is -2.66. The molecular weight excluding hydrogens is 212 g/mol. The molecule has 1 atom stereocenters. The van der Waals surface area contributed by atoms with E-state index in [0.29, 0.717) is 6.54 Å². The molecule has 0 spiro atoms. The first-order chi connectivity index (χ1) is 7.61. The van der Waals surface area contributed by atoms with Crippen LogP contribution < -0.4 is 0 Å². The molecule has 1 aliphatic rings. The van der Waals surface area contributed by atoms with Crippen molar-refractivity contribution in [2.45, 2.75) is 24.9 Å². The molecule has 1 saturated heterocycles. The third-order valence-corrected chi connectivity index (χ3v) is 2.92. The molecular formula is C12H15F2NO. The summed E-state index contributed by atoms with van der Waals surface area (Å²) in [6, 6.07) is 9.06. The zero-order valence-electron chi connectivity index (χ0n) is 8.94. The van der Waals surface area contributed by atoms with Crippen LogP contribution >= 0.6 is 0 Å². The van der Waals surface area contributed by atoms with Crippen LogP contribution in [0.3, 0.4) is 0 Å². The Balaban J connectivity index is 2.04. The Hall–Kier alpha value is -1.00. The summed E-state index contributed by atoms with van der Waals surface area (Å²) in [4.78, 5) is 1.65. The maximum Gasteiger partial charge on any atom is 0.262 e. The minimum absolute atomic E-state index is 0.206. The van der Waals surface area contributed by atoms with Gasteiger partial charge in [-0.2, -0.15) is 0 Å². The molecule has 0 aromatic heterocycles. The Morgan fingerprint density at radius 2 is 2.00 bits per heavy atom. The zero-order chi connectivity index (χ0) is 11.6. The first-order valence-corrected chi connectivity index (χ1v) is 5.37. The smallest absolute Gasteiger partial charge is 0.262 e. The van der Waals surface area contributed by atoms with Gasteiger partial charge in [-0.05, 0) is 5.56 Å². The summed E-state index contributed by atoms with van der Waals surface area (Å²) in [5, 5.41) is 9.07. The fourth-order valence-electron chi connectivity index (χ4n) is 2.15. The third-order valence-electron chi connectivity index (χ3n) is 2.92. The Morgan fingerprint density at radius 3 is 2.62 bits per heavy atom. The molecule has 2 rings (SSSR count). The van der Waals surface area contributed by atoms with Gasteiger partial charge in [0.15, 0.2) is 0 Å². The average molecular weight is 227 g/mol. The predicted molar refractivity (Wildman–Crippen MR) is 57.3 cm³/mol. The summed E-state index contributed by atoms with van der Waals surface area (Å²) in [7, 11) is 0. The molecule has 4 heteroatoms. The largest absolute Gasteiger partial charge is 0.395 e. The van der Waals surface area contributed by atoms with Crippen LogP contribution in [-0.4, -0.2) is 35.1 Å². The lowest BCUT2D eigenvalue weighted by Gasteiger charge is -2.21. The maximum absolute atomic E-state index is 13.2. The van der Waals surface area contributed by atoms with Gasteiger partial charge in [-0.3, -0.25) is 4.90 Å². The molecule has 0 amide bonds. The number of nitrogens with zero attached hydrogens (tertiary/aromatic N) is 1. The summed E-state index contributed by atoms with van der Waals surface area (Å²) < 4.78 is 26.4. The van der Waals surface area contributed by atoms with E-state index >= 15 is 0 Å². The molecule has 88 valence electrons. The average Bonchev–Trinajstić information content (AvgIpc) is 2.54. The lowest BCUT2D eigenvalue weighted by atomic mass is 10.2. The van der Waals surface area contributed by atoms with Crippen molar-refractivity contribution in [1.29, 1.82) is 0 Å². The van der Waals surface area contributed by atoms with Crippen LogP contribution in [0.25, 0.3) is 0 Å². The first-order valence-electron chi connectivity index (χ1n) is 5.37. The van der Waals surface area contributed by atoms with Crippen LogP contribution in [0.15, 0.2) is 30.3 Å². The fraction of sp³-hybridized carbons (Fsp3) is 0.500. The summed E-state index contributed by atoms with van der Waals surface area (Å²) >= 11 is 0. The standard InChI is InChI=1S/C12H15F2NO/c13-12(14)6-11(8-16)15(9-12)7-10-4-2-1-3-5-10/h1-5,11,16H,6-9H2. The van der Waals surface area contributed by atoms with Crippen LogP contribution in [-0.2, 0) is 6.54 Å². The number of hydrogen-bond donors (Lipinski definition) is 1. The monoisotopic (exact) mass is 227 g/mol. The lowest BCUT2D eigenvalue weighted by Crippen LogP contribution is -2.32. The van der Waals surface area contributed by atoms with Gasteiger partial charge in [0.2, 0.25) is 0 Å². The highest BCUT2D eigenvalue weighted by Crippen LogP contribution is 2.32. The van der Waals surface area contributed by atoms with Crippen molar-refractivity contribution < 1.29 is 13.9 Å². The fourth-order valence-corrected chi connectivity index (χ4v) is 2.15. The molecule has 1 fully saturated rings. The van der Waals surface area contributed by atoms with Crippen molar-refractivity contribution >= 4 is 0 Å². The van der Waals surface area contributed by atoms with Gasteiger partial charge in [0, 0.05) is 19.0 Å². The third kappa shape index (κ3) is 2.57. The van der Waals surface area contributed by atoms with Gasteiger partial charge in [-0.1, -0.05) is 30.3 Å². The predicted octanol–water partition coefficient (Wildman–Crippen LogP) is 1.89. The number of alkyl halides is 2. The van der Waals surface area contributed by atoms with Crippen molar-refractivity contribution in [3.63, 3.8) is 0 Å². The summed E-state index contributed by atoms with van der Waals surface area (Å²) in [5.41, 5.74) is 0.999. The number of hydrogen-bond acceptors (Lipinski definition) is 2.